The van der Waals surface area contributed by atoms with Gasteiger partial charge in [-0.3, -0.25) is 0 Å². The molecule has 1 heterocycles. The molecule has 1 aromatic rings. The highest BCUT2D eigenvalue weighted by atomic mass is 15.0. The lowest BCUT2D eigenvalue weighted by atomic mass is 9.43. The van der Waals surface area contributed by atoms with Gasteiger partial charge in [0.25, 0.3) is 0 Å². The van der Waals surface area contributed by atoms with Crippen molar-refractivity contribution in [2.75, 3.05) is 11.9 Å². The third-order valence-corrected chi connectivity index (χ3v) is 11.3. The Bertz CT molecular complexity index is 745. The quantitative estimate of drug-likeness (QED) is 0.319. The topological polar surface area (TPSA) is 24.9 Å². The maximum Gasteiger partial charge on any atom is 0.125 e. The first-order valence-corrected chi connectivity index (χ1v) is 15.1. The van der Waals surface area contributed by atoms with E-state index in [1.807, 2.05) is 0 Å². The Morgan fingerprint density at radius 1 is 0.941 bits per heavy atom. The van der Waals surface area contributed by atoms with Gasteiger partial charge in [0.1, 0.15) is 5.82 Å². The van der Waals surface area contributed by atoms with Gasteiger partial charge in [-0.2, -0.15) is 0 Å². The SMILES string of the molecule is CCC1C(CCCNc2ccc(C3CCCCCC3)cn2)C2CCCCC(C)C(C)(C2)C1(C)C. The second-order valence-corrected chi connectivity index (χ2v) is 13.2. The van der Waals surface area contributed by atoms with Crippen molar-refractivity contribution in [3.8, 4) is 0 Å². The minimum Gasteiger partial charge on any atom is -0.370 e. The number of hydrogen-bond acceptors (Lipinski definition) is 2. The smallest absolute Gasteiger partial charge is 0.125 e. The van der Waals surface area contributed by atoms with E-state index >= 15 is 0 Å². The number of hydrogen-bond donors (Lipinski definition) is 1. The van der Waals surface area contributed by atoms with Gasteiger partial charge < -0.3 is 5.32 Å². The van der Waals surface area contributed by atoms with Crippen LogP contribution in [0.4, 0.5) is 5.82 Å². The van der Waals surface area contributed by atoms with Crippen LogP contribution in [0.3, 0.4) is 0 Å². The molecule has 0 aromatic carbocycles. The van der Waals surface area contributed by atoms with E-state index in [1.165, 1.54) is 95.5 Å². The van der Waals surface area contributed by atoms with Gasteiger partial charge in [0.2, 0.25) is 0 Å². The van der Waals surface area contributed by atoms with Gasteiger partial charge in [-0.15, -0.1) is 0 Å². The average molecular weight is 467 g/mol. The highest BCUT2D eigenvalue weighted by Gasteiger charge is 2.56. The maximum atomic E-state index is 4.80. The molecule has 0 spiro atoms. The molecule has 4 rings (SSSR count). The zero-order valence-corrected chi connectivity index (χ0v) is 23.2. The fourth-order valence-corrected chi connectivity index (χ4v) is 8.74. The van der Waals surface area contributed by atoms with E-state index < -0.39 is 0 Å². The lowest BCUT2D eigenvalue weighted by molar-refractivity contribution is -0.130. The van der Waals surface area contributed by atoms with Crippen LogP contribution >= 0.6 is 0 Å². The van der Waals surface area contributed by atoms with E-state index in [4.69, 9.17) is 4.98 Å². The van der Waals surface area contributed by atoms with Gasteiger partial charge in [-0.25, -0.2) is 4.98 Å². The second-order valence-electron chi connectivity index (χ2n) is 13.2. The van der Waals surface area contributed by atoms with Crippen LogP contribution in [0.2, 0.25) is 0 Å². The molecule has 2 bridgehead atoms. The van der Waals surface area contributed by atoms with Crippen LogP contribution in [0.5, 0.6) is 0 Å². The summed E-state index contributed by atoms with van der Waals surface area (Å²) in [5.41, 5.74) is 2.39. The first kappa shape index (κ1) is 26.0. The number of nitrogens with one attached hydrogen (secondary N) is 1. The molecule has 2 nitrogen and oxygen atoms in total. The largest absolute Gasteiger partial charge is 0.370 e. The Kier molecular flexibility index (Phi) is 8.68. The minimum atomic E-state index is 0.433. The number of aromatic nitrogens is 1. The van der Waals surface area contributed by atoms with Gasteiger partial charge in [0.05, 0.1) is 0 Å². The molecule has 5 atom stereocenters. The fourth-order valence-electron chi connectivity index (χ4n) is 8.74. The lowest BCUT2D eigenvalue weighted by Crippen LogP contribution is -2.54. The molecule has 3 aliphatic rings. The van der Waals surface area contributed by atoms with Crippen molar-refractivity contribution in [3.63, 3.8) is 0 Å². The molecule has 5 unspecified atom stereocenters. The molecule has 34 heavy (non-hydrogen) atoms. The summed E-state index contributed by atoms with van der Waals surface area (Å²) in [5.74, 6) is 5.35. The van der Waals surface area contributed by atoms with Crippen LogP contribution in [0.15, 0.2) is 18.3 Å². The zero-order valence-electron chi connectivity index (χ0n) is 23.2. The predicted octanol–water partition coefficient (Wildman–Crippen LogP) is 9.62. The summed E-state index contributed by atoms with van der Waals surface area (Å²) in [5, 5.41) is 3.66. The molecule has 0 amide bonds. The molecule has 0 saturated heterocycles. The van der Waals surface area contributed by atoms with Gasteiger partial charge in [-0.1, -0.05) is 98.5 Å². The molecular weight excluding hydrogens is 412 g/mol. The van der Waals surface area contributed by atoms with E-state index in [0.29, 0.717) is 10.8 Å². The van der Waals surface area contributed by atoms with E-state index in [0.717, 1.165) is 42.0 Å². The van der Waals surface area contributed by atoms with E-state index in [9.17, 15) is 0 Å². The molecule has 0 aliphatic heterocycles. The Balaban J connectivity index is 1.33. The van der Waals surface area contributed by atoms with Gasteiger partial charge in [-0.05, 0) is 84.2 Å². The van der Waals surface area contributed by atoms with Gasteiger partial charge in [0.15, 0.2) is 0 Å². The predicted molar refractivity (Wildman–Crippen MR) is 147 cm³/mol. The lowest BCUT2D eigenvalue weighted by Gasteiger charge is -2.62. The van der Waals surface area contributed by atoms with Crippen LogP contribution in [-0.2, 0) is 0 Å². The number of anilines is 1. The van der Waals surface area contributed by atoms with Crippen LogP contribution in [0.1, 0.15) is 136 Å². The molecular formula is C32H54N2. The van der Waals surface area contributed by atoms with Crippen molar-refractivity contribution < 1.29 is 0 Å². The summed E-state index contributed by atoms with van der Waals surface area (Å²) in [6.45, 7) is 14.0. The normalized spacial score (nSPS) is 34.6. The van der Waals surface area contributed by atoms with Gasteiger partial charge in [0, 0.05) is 12.7 Å². The number of fused-ring (bicyclic) bond motifs is 2. The summed E-state index contributed by atoms with van der Waals surface area (Å²) >= 11 is 0. The van der Waals surface area contributed by atoms with Crippen molar-refractivity contribution in [1.29, 1.82) is 0 Å². The summed E-state index contributed by atoms with van der Waals surface area (Å²) in [6, 6.07) is 4.58. The highest BCUT2D eigenvalue weighted by molar-refractivity contribution is 5.36. The molecule has 192 valence electrons. The van der Waals surface area contributed by atoms with Crippen LogP contribution in [0.25, 0.3) is 0 Å². The van der Waals surface area contributed by atoms with Crippen molar-refractivity contribution >= 4 is 5.82 Å². The van der Waals surface area contributed by atoms with E-state index in [2.05, 4.69) is 58.3 Å². The summed E-state index contributed by atoms with van der Waals surface area (Å²) in [6.07, 6.45) is 21.7. The van der Waals surface area contributed by atoms with Crippen LogP contribution in [0, 0.1) is 34.5 Å². The van der Waals surface area contributed by atoms with Gasteiger partial charge >= 0.3 is 0 Å². The first-order chi connectivity index (χ1) is 16.4. The number of rotatable bonds is 7. The van der Waals surface area contributed by atoms with Crippen molar-refractivity contribution in [2.24, 2.45) is 34.5 Å². The summed E-state index contributed by atoms with van der Waals surface area (Å²) < 4.78 is 0. The maximum absolute atomic E-state index is 4.80. The Hall–Kier alpha value is -1.05. The molecule has 3 aliphatic carbocycles. The summed E-state index contributed by atoms with van der Waals surface area (Å²) in [4.78, 5) is 4.80. The monoisotopic (exact) mass is 466 g/mol. The zero-order chi connectivity index (χ0) is 24.2. The van der Waals surface area contributed by atoms with Crippen molar-refractivity contribution in [1.82, 2.24) is 4.98 Å². The van der Waals surface area contributed by atoms with E-state index in [1.54, 1.807) is 0 Å². The highest BCUT2D eigenvalue weighted by Crippen LogP contribution is 2.64. The average Bonchev–Trinajstić information content (AvgIpc) is 3.11. The van der Waals surface area contributed by atoms with Crippen LogP contribution < -0.4 is 5.32 Å². The standard InChI is InChI=1S/C32H54N2/c1-6-29-28(26-17-12-11-14-24(2)32(5,22-26)31(29,3)4)18-13-21-33-30-20-19-27(23-34-30)25-15-9-7-8-10-16-25/h19-20,23-26,28-29H,6-18,21-22H2,1-5H3,(H,33,34). The fraction of sp³-hybridized carbons (Fsp3) is 0.844. The molecule has 3 fully saturated rings. The van der Waals surface area contributed by atoms with E-state index in [-0.39, 0.29) is 0 Å². The third-order valence-electron chi connectivity index (χ3n) is 11.3. The first-order valence-electron chi connectivity index (χ1n) is 15.1. The molecule has 1 aromatic heterocycles. The van der Waals surface area contributed by atoms with Crippen LogP contribution in [-0.4, -0.2) is 11.5 Å². The number of pyridine rings is 1. The Morgan fingerprint density at radius 3 is 2.32 bits per heavy atom. The third kappa shape index (κ3) is 5.36. The second kappa shape index (κ2) is 11.3. The Morgan fingerprint density at radius 2 is 1.65 bits per heavy atom. The number of nitrogens with zero attached hydrogens (tertiary/aromatic N) is 1. The van der Waals surface area contributed by atoms with Crippen molar-refractivity contribution in [3.05, 3.63) is 23.9 Å². The molecule has 2 heteroatoms. The molecule has 1 N–H and O–H groups in total. The van der Waals surface area contributed by atoms with Crippen molar-refractivity contribution in [2.45, 2.75) is 130 Å². The minimum absolute atomic E-state index is 0.433. The molecule has 0 radical (unpaired) electrons. The summed E-state index contributed by atoms with van der Waals surface area (Å²) in [7, 11) is 0. The molecule has 3 saturated carbocycles. The Labute approximate surface area is 211 Å².